The van der Waals surface area contributed by atoms with E-state index in [1.807, 2.05) is 11.0 Å². The number of aliphatic carboxylic acids is 1. The van der Waals surface area contributed by atoms with Gasteiger partial charge in [0.1, 0.15) is 0 Å². The number of carboxylic acids is 1. The van der Waals surface area contributed by atoms with Crippen LogP contribution in [-0.4, -0.2) is 46.5 Å². The number of carbonyl (C=O) groups is 2. The highest BCUT2D eigenvalue weighted by Gasteiger charge is 2.23. The first kappa shape index (κ1) is 17.9. The van der Waals surface area contributed by atoms with Gasteiger partial charge in [0.05, 0.1) is 11.5 Å². The van der Waals surface area contributed by atoms with Gasteiger partial charge in [-0.1, -0.05) is 30.3 Å². The van der Waals surface area contributed by atoms with E-state index in [-0.39, 0.29) is 17.4 Å². The van der Waals surface area contributed by atoms with Gasteiger partial charge in [0, 0.05) is 13.1 Å². The van der Waals surface area contributed by atoms with E-state index in [0.29, 0.717) is 5.92 Å². The van der Waals surface area contributed by atoms with Crippen LogP contribution >= 0.6 is 11.8 Å². The number of carboxylic acid groups (broad SMARTS) is 1. The summed E-state index contributed by atoms with van der Waals surface area (Å²) in [6.07, 6.45) is 5.66. The molecular formula is C18H25NO3S. The highest BCUT2D eigenvalue weighted by atomic mass is 32.2. The van der Waals surface area contributed by atoms with Gasteiger partial charge in [0.25, 0.3) is 0 Å². The summed E-state index contributed by atoms with van der Waals surface area (Å²) >= 11 is 1.19. The number of nitrogens with zero attached hydrogens (tertiary/aromatic N) is 1. The molecule has 1 heterocycles. The number of hydrogen-bond donors (Lipinski definition) is 1. The third kappa shape index (κ3) is 6.65. The molecule has 1 unspecified atom stereocenters. The summed E-state index contributed by atoms with van der Waals surface area (Å²) in [5.74, 6) is 0.0912. The monoisotopic (exact) mass is 335 g/mol. The summed E-state index contributed by atoms with van der Waals surface area (Å²) in [5, 5.41) is 8.62. The number of amides is 1. The smallest absolute Gasteiger partial charge is 0.313 e. The quantitative estimate of drug-likeness (QED) is 0.793. The molecule has 1 aromatic carbocycles. The molecule has 1 atom stereocenters. The van der Waals surface area contributed by atoms with E-state index in [9.17, 15) is 9.59 Å². The van der Waals surface area contributed by atoms with E-state index in [2.05, 4.69) is 24.3 Å². The minimum Gasteiger partial charge on any atom is -0.481 e. The third-order valence-corrected chi connectivity index (χ3v) is 5.15. The predicted molar refractivity (Wildman–Crippen MR) is 93.6 cm³/mol. The van der Waals surface area contributed by atoms with E-state index < -0.39 is 5.97 Å². The lowest BCUT2D eigenvalue weighted by Crippen LogP contribution is -2.41. The second kappa shape index (κ2) is 9.60. The van der Waals surface area contributed by atoms with E-state index in [1.54, 1.807) is 0 Å². The summed E-state index contributed by atoms with van der Waals surface area (Å²) in [6.45, 7) is 1.66. The van der Waals surface area contributed by atoms with Crippen molar-refractivity contribution in [3.8, 4) is 0 Å². The van der Waals surface area contributed by atoms with Crippen molar-refractivity contribution in [3.05, 3.63) is 35.9 Å². The van der Waals surface area contributed by atoms with Crippen molar-refractivity contribution < 1.29 is 14.7 Å². The van der Waals surface area contributed by atoms with E-state index in [4.69, 9.17) is 5.11 Å². The van der Waals surface area contributed by atoms with Crippen molar-refractivity contribution in [1.82, 2.24) is 4.90 Å². The second-order valence-electron chi connectivity index (χ2n) is 6.11. The fourth-order valence-electron chi connectivity index (χ4n) is 3.08. The topological polar surface area (TPSA) is 57.6 Å². The van der Waals surface area contributed by atoms with Crippen molar-refractivity contribution in [2.75, 3.05) is 24.6 Å². The van der Waals surface area contributed by atoms with Crippen LogP contribution < -0.4 is 0 Å². The molecule has 1 aliphatic rings. The Morgan fingerprint density at radius 3 is 2.74 bits per heavy atom. The van der Waals surface area contributed by atoms with Crippen LogP contribution in [0.25, 0.3) is 0 Å². The molecule has 0 aliphatic carbocycles. The maximum absolute atomic E-state index is 12.1. The lowest BCUT2D eigenvalue weighted by atomic mass is 9.92. The van der Waals surface area contributed by atoms with Gasteiger partial charge in [-0.3, -0.25) is 9.59 Å². The van der Waals surface area contributed by atoms with Crippen molar-refractivity contribution in [2.45, 2.75) is 32.1 Å². The first-order valence-electron chi connectivity index (χ1n) is 8.26. The van der Waals surface area contributed by atoms with Gasteiger partial charge in [-0.05, 0) is 43.6 Å². The molecule has 0 spiro atoms. The maximum atomic E-state index is 12.1. The lowest BCUT2D eigenvalue weighted by Gasteiger charge is -2.33. The first-order chi connectivity index (χ1) is 11.1. The molecule has 1 amide bonds. The van der Waals surface area contributed by atoms with Gasteiger partial charge in [-0.25, -0.2) is 0 Å². The Kier molecular flexibility index (Phi) is 7.46. The van der Waals surface area contributed by atoms with Crippen LogP contribution in [-0.2, 0) is 16.0 Å². The van der Waals surface area contributed by atoms with Crippen LogP contribution in [0.4, 0.5) is 0 Å². The average molecular weight is 335 g/mol. The molecule has 1 aromatic rings. The van der Waals surface area contributed by atoms with E-state index >= 15 is 0 Å². The SMILES string of the molecule is O=C(O)CSCC(=O)N1CCCC(CCCc2ccccc2)C1. The molecule has 1 N–H and O–H groups in total. The summed E-state index contributed by atoms with van der Waals surface area (Å²) in [4.78, 5) is 24.6. The summed E-state index contributed by atoms with van der Waals surface area (Å²) in [5.41, 5.74) is 1.38. The molecule has 2 rings (SSSR count). The van der Waals surface area contributed by atoms with Crippen LogP contribution in [0.2, 0.25) is 0 Å². The Bertz CT molecular complexity index is 506. The minimum absolute atomic E-state index is 0.0000835. The molecule has 0 saturated carbocycles. The van der Waals surface area contributed by atoms with E-state index in [0.717, 1.165) is 38.8 Å². The molecule has 0 radical (unpaired) electrons. The van der Waals surface area contributed by atoms with Crippen molar-refractivity contribution in [3.63, 3.8) is 0 Å². The standard InChI is InChI=1S/C18H25NO3S/c20-17(13-23-14-18(21)22)19-11-5-10-16(12-19)9-4-8-15-6-2-1-3-7-15/h1-3,6-7,16H,4-5,8-14H2,(H,21,22). The zero-order valence-electron chi connectivity index (χ0n) is 13.4. The maximum Gasteiger partial charge on any atom is 0.313 e. The molecule has 5 heteroatoms. The number of piperidine rings is 1. The van der Waals surface area contributed by atoms with Crippen LogP contribution in [0, 0.1) is 5.92 Å². The number of rotatable bonds is 8. The van der Waals surface area contributed by atoms with Crippen molar-refractivity contribution in [2.24, 2.45) is 5.92 Å². The molecule has 1 saturated heterocycles. The van der Waals surface area contributed by atoms with Crippen LogP contribution in [0.5, 0.6) is 0 Å². The number of carbonyl (C=O) groups excluding carboxylic acids is 1. The van der Waals surface area contributed by atoms with Gasteiger partial charge >= 0.3 is 5.97 Å². The number of aryl methyl sites for hydroxylation is 1. The molecular weight excluding hydrogens is 310 g/mol. The molecule has 0 bridgehead atoms. The van der Waals surface area contributed by atoms with Gasteiger partial charge in [0.2, 0.25) is 5.91 Å². The Morgan fingerprint density at radius 1 is 1.22 bits per heavy atom. The summed E-state index contributed by atoms with van der Waals surface area (Å²) < 4.78 is 0. The summed E-state index contributed by atoms with van der Waals surface area (Å²) in [7, 11) is 0. The highest BCUT2D eigenvalue weighted by molar-refractivity contribution is 8.00. The molecule has 1 fully saturated rings. The lowest BCUT2D eigenvalue weighted by molar-refractivity contribution is -0.133. The summed E-state index contributed by atoms with van der Waals surface area (Å²) in [6, 6.07) is 10.5. The average Bonchev–Trinajstić information content (AvgIpc) is 2.56. The Labute approximate surface area is 142 Å². The van der Waals surface area contributed by atoms with Crippen molar-refractivity contribution in [1.29, 1.82) is 0 Å². The van der Waals surface area contributed by atoms with Crippen molar-refractivity contribution >= 4 is 23.6 Å². The van der Waals surface area contributed by atoms with Crippen LogP contribution in [0.15, 0.2) is 30.3 Å². The number of hydrogen-bond acceptors (Lipinski definition) is 3. The zero-order chi connectivity index (χ0) is 16.5. The van der Waals surface area contributed by atoms with Crippen LogP contribution in [0.3, 0.4) is 0 Å². The number of thioether (sulfide) groups is 1. The van der Waals surface area contributed by atoms with E-state index in [1.165, 1.54) is 23.7 Å². The third-order valence-electron chi connectivity index (χ3n) is 4.24. The number of likely N-dealkylation sites (tertiary alicyclic amines) is 1. The first-order valence-corrected chi connectivity index (χ1v) is 9.42. The molecule has 4 nitrogen and oxygen atoms in total. The molecule has 23 heavy (non-hydrogen) atoms. The largest absolute Gasteiger partial charge is 0.481 e. The minimum atomic E-state index is -0.861. The van der Waals surface area contributed by atoms with Crippen LogP contribution in [0.1, 0.15) is 31.2 Å². The fraction of sp³-hybridized carbons (Fsp3) is 0.556. The Balaban J connectivity index is 1.68. The Morgan fingerprint density at radius 2 is 2.00 bits per heavy atom. The van der Waals surface area contributed by atoms with Gasteiger partial charge < -0.3 is 10.0 Å². The highest BCUT2D eigenvalue weighted by Crippen LogP contribution is 2.22. The Hall–Kier alpha value is -1.49. The second-order valence-corrected chi connectivity index (χ2v) is 7.10. The predicted octanol–water partition coefficient (Wildman–Crippen LogP) is 3.07. The van der Waals surface area contributed by atoms with Gasteiger partial charge in [0.15, 0.2) is 0 Å². The van der Waals surface area contributed by atoms with Gasteiger partial charge in [-0.15, -0.1) is 11.8 Å². The fourth-order valence-corrected chi connectivity index (χ4v) is 3.72. The number of benzene rings is 1. The van der Waals surface area contributed by atoms with Gasteiger partial charge in [-0.2, -0.15) is 0 Å². The zero-order valence-corrected chi connectivity index (χ0v) is 14.3. The normalized spacial score (nSPS) is 17.9. The molecule has 1 aliphatic heterocycles. The molecule has 0 aromatic heterocycles. The molecule has 126 valence electrons.